The highest BCUT2D eigenvalue weighted by Crippen LogP contribution is 2.30. The van der Waals surface area contributed by atoms with E-state index in [1.807, 2.05) is 31.3 Å². The normalized spacial score (nSPS) is 17.4. The Labute approximate surface area is 120 Å². The SMILES string of the molecule is CNC(=O)c1ccc(CN(C)CC2(O)CCCC2)cc1. The molecule has 2 rings (SSSR count). The first-order chi connectivity index (χ1) is 9.52. The summed E-state index contributed by atoms with van der Waals surface area (Å²) in [5.41, 5.74) is 1.33. The van der Waals surface area contributed by atoms with E-state index >= 15 is 0 Å². The van der Waals surface area contributed by atoms with Gasteiger partial charge in [-0.3, -0.25) is 9.69 Å². The van der Waals surface area contributed by atoms with Crippen LogP contribution >= 0.6 is 0 Å². The van der Waals surface area contributed by atoms with Gasteiger partial charge >= 0.3 is 0 Å². The first-order valence-corrected chi connectivity index (χ1v) is 7.24. The van der Waals surface area contributed by atoms with Crippen molar-refractivity contribution in [3.05, 3.63) is 35.4 Å². The summed E-state index contributed by atoms with van der Waals surface area (Å²) >= 11 is 0. The van der Waals surface area contributed by atoms with Gasteiger partial charge in [0.05, 0.1) is 5.60 Å². The Hall–Kier alpha value is -1.39. The van der Waals surface area contributed by atoms with Crippen molar-refractivity contribution in [1.82, 2.24) is 10.2 Å². The van der Waals surface area contributed by atoms with Crippen molar-refractivity contribution < 1.29 is 9.90 Å². The van der Waals surface area contributed by atoms with Crippen molar-refractivity contribution in [2.45, 2.75) is 37.8 Å². The lowest BCUT2D eigenvalue weighted by atomic mass is 10.0. The van der Waals surface area contributed by atoms with Gasteiger partial charge < -0.3 is 10.4 Å². The lowest BCUT2D eigenvalue weighted by molar-refractivity contribution is 0.0145. The summed E-state index contributed by atoms with van der Waals surface area (Å²) in [6.07, 6.45) is 4.08. The van der Waals surface area contributed by atoms with E-state index in [-0.39, 0.29) is 5.91 Å². The van der Waals surface area contributed by atoms with Gasteiger partial charge in [0.1, 0.15) is 0 Å². The molecule has 1 amide bonds. The van der Waals surface area contributed by atoms with E-state index in [1.54, 1.807) is 7.05 Å². The van der Waals surface area contributed by atoms with Crippen molar-refractivity contribution in [2.75, 3.05) is 20.6 Å². The van der Waals surface area contributed by atoms with Crippen molar-refractivity contribution in [3.63, 3.8) is 0 Å². The van der Waals surface area contributed by atoms with Crippen LogP contribution in [0.4, 0.5) is 0 Å². The first kappa shape index (κ1) is 15.0. The number of carbonyl (C=O) groups is 1. The molecule has 1 aliphatic rings. The number of hydrogen-bond donors (Lipinski definition) is 2. The molecule has 0 unspecified atom stereocenters. The fraction of sp³-hybridized carbons (Fsp3) is 0.562. The molecule has 1 aromatic carbocycles. The number of likely N-dealkylation sites (N-methyl/N-ethyl adjacent to an activating group) is 1. The second-order valence-electron chi connectivity index (χ2n) is 5.88. The quantitative estimate of drug-likeness (QED) is 0.862. The molecule has 0 spiro atoms. The maximum absolute atomic E-state index is 11.5. The summed E-state index contributed by atoms with van der Waals surface area (Å²) in [6.45, 7) is 1.50. The maximum atomic E-state index is 11.5. The van der Waals surface area contributed by atoms with E-state index in [1.165, 1.54) is 0 Å². The van der Waals surface area contributed by atoms with E-state index in [0.29, 0.717) is 12.1 Å². The number of rotatable bonds is 5. The van der Waals surface area contributed by atoms with Crippen LogP contribution in [-0.2, 0) is 6.54 Å². The van der Waals surface area contributed by atoms with Gasteiger partial charge in [-0.05, 0) is 37.6 Å². The van der Waals surface area contributed by atoms with Gasteiger partial charge in [-0.25, -0.2) is 0 Å². The van der Waals surface area contributed by atoms with Gasteiger partial charge in [0.2, 0.25) is 0 Å². The molecule has 20 heavy (non-hydrogen) atoms. The highest BCUT2D eigenvalue weighted by molar-refractivity contribution is 5.93. The summed E-state index contributed by atoms with van der Waals surface area (Å²) in [5.74, 6) is -0.0647. The molecule has 1 saturated carbocycles. The van der Waals surface area contributed by atoms with Gasteiger partial charge in [0.25, 0.3) is 5.91 Å². The Morgan fingerprint density at radius 1 is 1.30 bits per heavy atom. The average Bonchev–Trinajstić information content (AvgIpc) is 2.84. The van der Waals surface area contributed by atoms with E-state index in [0.717, 1.165) is 37.8 Å². The number of benzene rings is 1. The molecule has 0 atom stereocenters. The van der Waals surface area contributed by atoms with Gasteiger partial charge in [-0.1, -0.05) is 25.0 Å². The molecule has 2 N–H and O–H groups in total. The standard InChI is InChI=1S/C16H24N2O2/c1-17-15(19)14-7-5-13(6-8-14)11-18(2)12-16(20)9-3-4-10-16/h5-8,20H,3-4,9-12H2,1-2H3,(H,17,19). The number of nitrogens with one attached hydrogen (secondary N) is 1. The van der Waals surface area contributed by atoms with Crippen LogP contribution in [0.1, 0.15) is 41.6 Å². The van der Waals surface area contributed by atoms with Crippen LogP contribution in [0.3, 0.4) is 0 Å². The topological polar surface area (TPSA) is 52.6 Å². The van der Waals surface area contributed by atoms with Crippen LogP contribution in [0.15, 0.2) is 24.3 Å². The summed E-state index contributed by atoms with van der Waals surface area (Å²) in [5, 5.41) is 13.0. The number of amides is 1. The van der Waals surface area contributed by atoms with E-state index in [4.69, 9.17) is 0 Å². The van der Waals surface area contributed by atoms with Crippen molar-refractivity contribution >= 4 is 5.91 Å². The number of aliphatic hydroxyl groups is 1. The van der Waals surface area contributed by atoms with Gasteiger partial charge in [-0.2, -0.15) is 0 Å². The number of nitrogens with zero attached hydrogens (tertiary/aromatic N) is 1. The largest absolute Gasteiger partial charge is 0.389 e. The minimum absolute atomic E-state index is 0.0647. The van der Waals surface area contributed by atoms with E-state index < -0.39 is 5.60 Å². The molecule has 4 heteroatoms. The molecular formula is C16H24N2O2. The smallest absolute Gasteiger partial charge is 0.251 e. The van der Waals surface area contributed by atoms with Crippen molar-refractivity contribution in [2.24, 2.45) is 0 Å². The van der Waals surface area contributed by atoms with Crippen LogP contribution in [0.5, 0.6) is 0 Å². The highest BCUT2D eigenvalue weighted by atomic mass is 16.3. The van der Waals surface area contributed by atoms with Crippen LogP contribution in [0, 0.1) is 0 Å². The molecule has 4 nitrogen and oxygen atoms in total. The fourth-order valence-electron chi connectivity index (χ4n) is 2.97. The third kappa shape index (κ3) is 3.81. The van der Waals surface area contributed by atoms with Gasteiger partial charge in [-0.15, -0.1) is 0 Å². The first-order valence-electron chi connectivity index (χ1n) is 7.24. The fourth-order valence-corrected chi connectivity index (χ4v) is 2.97. The Kier molecular flexibility index (Phi) is 4.78. The summed E-state index contributed by atoms with van der Waals surface area (Å²) in [4.78, 5) is 13.6. The lowest BCUT2D eigenvalue weighted by Crippen LogP contribution is -2.38. The van der Waals surface area contributed by atoms with Crippen molar-refractivity contribution in [1.29, 1.82) is 0 Å². The number of carbonyl (C=O) groups excluding carboxylic acids is 1. The lowest BCUT2D eigenvalue weighted by Gasteiger charge is -2.28. The maximum Gasteiger partial charge on any atom is 0.251 e. The molecule has 0 heterocycles. The third-order valence-electron chi connectivity index (χ3n) is 3.99. The van der Waals surface area contributed by atoms with Crippen LogP contribution in [0.2, 0.25) is 0 Å². The van der Waals surface area contributed by atoms with Crippen molar-refractivity contribution in [3.8, 4) is 0 Å². The average molecular weight is 276 g/mol. The second-order valence-corrected chi connectivity index (χ2v) is 5.88. The minimum Gasteiger partial charge on any atom is -0.389 e. The molecule has 0 radical (unpaired) electrons. The molecule has 0 aromatic heterocycles. The monoisotopic (exact) mass is 276 g/mol. The Morgan fingerprint density at radius 2 is 1.90 bits per heavy atom. The molecule has 1 aliphatic carbocycles. The Balaban J connectivity index is 1.90. The predicted molar refractivity (Wildman–Crippen MR) is 79.6 cm³/mol. The zero-order valence-electron chi connectivity index (χ0n) is 12.4. The highest BCUT2D eigenvalue weighted by Gasteiger charge is 2.31. The number of hydrogen-bond acceptors (Lipinski definition) is 3. The Morgan fingerprint density at radius 3 is 2.45 bits per heavy atom. The zero-order valence-corrected chi connectivity index (χ0v) is 12.4. The van der Waals surface area contributed by atoms with E-state index in [2.05, 4.69) is 10.2 Å². The molecule has 1 aromatic rings. The molecule has 0 aliphatic heterocycles. The van der Waals surface area contributed by atoms with Crippen LogP contribution in [-0.4, -0.2) is 42.2 Å². The molecule has 110 valence electrons. The zero-order chi connectivity index (χ0) is 14.6. The summed E-state index contributed by atoms with van der Waals surface area (Å²) in [6, 6.07) is 7.62. The molecular weight excluding hydrogens is 252 g/mol. The van der Waals surface area contributed by atoms with Crippen LogP contribution < -0.4 is 5.32 Å². The molecule has 0 bridgehead atoms. The Bertz CT molecular complexity index is 450. The second kappa shape index (κ2) is 6.37. The summed E-state index contributed by atoms with van der Waals surface area (Å²) in [7, 11) is 3.66. The van der Waals surface area contributed by atoms with Crippen LogP contribution in [0.25, 0.3) is 0 Å². The van der Waals surface area contributed by atoms with Gasteiger partial charge in [0.15, 0.2) is 0 Å². The van der Waals surface area contributed by atoms with Gasteiger partial charge in [0, 0.05) is 25.7 Å². The third-order valence-corrected chi connectivity index (χ3v) is 3.99. The molecule has 0 saturated heterocycles. The molecule has 1 fully saturated rings. The van der Waals surface area contributed by atoms with E-state index in [9.17, 15) is 9.90 Å². The predicted octanol–water partition coefficient (Wildman–Crippen LogP) is 1.78. The minimum atomic E-state index is -0.503. The summed E-state index contributed by atoms with van der Waals surface area (Å²) < 4.78 is 0.